The first kappa shape index (κ1) is 13.0. The van der Waals surface area contributed by atoms with E-state index in [1.807, 2.05) is 0 Å². The molecule has 0 heterocycles. The summed E-state index contributed by atoms with van der Waals surface area (Å²) < 4.78 is 23.0. The molecule has 0 aromatic heterocycles. The Balaban J connectivity index is 2.00. The molecule has 18 heavy (non-hydrogen) atoms. The molecule has 0 unspecified atom stereocenters. The number of nitrogen functional groups attached to an aromatic ring is 1. The molecule has 0 spiro atoms. The lowest BCUT2D eigenvalue weighted by Gasteiger charge is -2.12. The number of hydrogen-bond donors (Lipinski definition) is 1. The minimum Gasteiger partial charge on any atom is -0.431 e. The van der Waals surface area contributed by atoms with Crippen LogP contribution in [0.15, 0.2) is 12.1 Å². The number of carbonyl (C=O) groups is 1. The summed E-state index contributed by atoms with van der Waals surface area (Å²) in [5.74, 6) is -0.657. The Labute approximate surface area is 109 Å². The average Bonchev–Trinajstić information content (AvgIpc) is 2.78. The quantitative estimate of drug-likeness (QED) is 0.509. The number of carbonyl (C=O) groups excluding carboxylic acids is 1. The third-order valence-electron chi connectivity index (χ3n) is 2.81. The molecule has 0 amide bonds. The summed E-state index contributed by atoms with van der Waals surface area (Å²) in [6, 6.07) is 2.16. The third kappa shape index (κ3) is 3.04. The predicted octanol–water partition coefficient (Wildman–Crippen LogP) is 3.52. The molecule has 2 N–H and O–H groups in total. The highest BCUT2D eigenvalue weighted by Crippen LogP contribution is 2.30. The Hall–Kier alpha value is -1.49. The molecule has 1 aliphatic rings. The number of hydrogen-bond acceptors (Lipinski definition) is 4. The first-order chi connectivity index (χ1) is 8.56. The van der Waals surface area contributed by atoms with Gasteiger partial charge in [0.05, 0.1) is 10.7 Å². The van der Waals surface area contributed by atoms with Gasteiger partial charge in [0, 0.05) is 6.07 Å². The fourth-order valence-electron chi connectivity index (χ4n) is 1.88. The van der Waals surface area contributed by atoms with Gasteiger partial charge in [-0.05, 0) is 31.7 Å². The van der Waals surface area contributed by atoms with E-state index < -0.39 is 12.0 Å². The lowest BCUT2D eigenvalue weighted by atomic mass is 10.3. The first-order valence-electron chi connectivity index (χ1n) is 5.69. The van der Waals surface area contributed by atoms with Crippen molar-refractivity contribution in [2.45, 2.75) is 31.8 Å². The molecule has 0 atom stereocenters. The zero-order chi connectivity index (χ0) is 13.1. The summed E-state index contributed by atoms with van der Waals surface area (Å²) in [5, 5.41) is -0.0231. The normalized spacial score (nSPS) is 15.7. The molecule has 6 heteroatoms. The number of anilines is 1. The minimum atomic E-state index is -0.838. The smallest absolute Gasteiger partial charge is 0.431 e. The molecule has 0 saturated heterocycles. The van der Waals surface area contributed by atoms with Crippen molar-refractivity contribution >= 4 is 23.4 Å². The monoisotopic (exact) mass is 273 g/mol. The van der Waals surface area contributed by atoms with Crippen molar-refractivity contribution < 1.29 is 18.7 Å². The standard InChI is InChI=1S/C12H13ClFNO3/c13-8-5-9(14)10(15)6-11(8)18-12(16)17-7-3-1-2-4-7/h5-7H,1-4,15H2. The van der Waals surface area contributed by atoms with Gasteiger partial charge in [-0.15, -0.1) is 0 Å². The maximum Gasteiger partial charge on any atom is 0.514 e. The number of nitrogens with two attached hydrogens (primary N) is 1. The summed E-state index contributed by atoms with van der Waals surface area (Å²) >= 11 is 5.73. The van der Waals surface area contributed by atoms with Crippen molar-refractivity contribution in [3.63, 3.8) is 0 Å². The van der Waals surface area contributed by atoms with Crippen LogP contribution in [0.25, 0.3) is 0 Å². The highest BCUT2D eigenvalue weighted by atomic mass is 35.5. The van der Waals surface area contributed by atoms with Crippen molar-refractivity contribution in [2.24, 2.45) is 0 Å². The van der Waals surface area contributed by atoms with Crippen LogP contribution in [0.1, 0.15) is 25.7 Å². The Morgan fingerprint density at radius 3 is 2.72 bits per heavy atom. The van der Waals surface area contributed by atoms with Crippen molar-refractivity contribution in [1.29, 1.82) is 0 Å². The van der Waals surface area contributed by atoms with Crippen LogP contribution in [-0.4, -0.2) is 12.3 Å². The van der Waals surface area contributed by atoms with Crippen LogP contribution in [-0.2, 0) is 4.74 Å². The predicted molar refractivity (Wildman–Crippen MR) is 65.2 cm³/mol. The molecule has 0 radical (unpaired) electrons. The van der Waals surface area contributed by atoms with Crippen LogP contribution in [0.5, 0.6) is 5.75 Å². The second-order valence-electron chi connectivity index (χ2n) is 4.18. The highest BCUT2D eigenvalue weighted by Gasteiger charge is 2.21. The van der Waals surface area contributed by atoms with E-state index in [1.165, 1.54) is 0 Å². The molecule has 4 nitrogen and oxygen atoms in total. The summed E-state index contributed by atoms with van der Waals surface area (Å²) in [6.07, 6.45) is 2.83. The van der Waals surface area contributed by atoms with Gasteiger partial charge in [-0.25, -0.2) is 9.18 Å². The van der Waals surface area contributed by atoms with Crippen molar-refractivity contribution in [3.05, 3.63) is 23.0 Å². The SMILES string of the molecule is Nc1cc(OC(=O)OC2CCCC2)c(Cl)cc1F. The van der Waals surface area contributed by atoms with Gasteiger partial charge < -0.3 is 15.2 Å². The zero-order valence-electron chi connectivity index (χ0n) is 9.62. The second kappa shape index (κ2) is 5.44. The second-order valence-corrected chi connectivity index (χ2v) is 4.59. The third-order valence-corrected chi connectivity index (χ3v) is 3.10. The maximum atomic E-state index is 13.0. The van der Waals surface area contributed by atoms with Crippen LogP contribution in [0, 0.1) is 5.82 Å². The topological polar surface area (TPSA) is 61.5 Å². The van der Waals surface area contributed by atoms with Gasteiger partial charge in [0.15, 0.2) is 5.75 Å². The van der Waals surface area contributed by atoms with Gasteiger partial charge in [-0.2, -0.15) is 0 Å². The minimum absolute atomic E-state index is 0.00133. The molecular weight excluding hydrogens is 261 g/mol. The molecule has 2 rings (SSSR count). The molecule has 0 aliphatic heterocycles. The Morgan fingerprint density at radius 1 is 1.39 bits per heavy atom. The molecule has 1 saturated carbocycles. The average molecular weight is 274 g/mol. The van der Waals surface area contributed by atoms with Gasteiger partial charge in [0.1, 0.15) is 11.9 Å². The van der Waals surface area contributed by atoms with Crippen LogP contribution < -0.4 is 10.5 Å². The van der Waals surface area contributed by atoms with Crippen LogP contribution in [0.2, 0.25) is 5.02 Å². The van der Waals surface area contributed by atoms with Gasteiger partial charge in [-0.3, -0.25) is 0 Å². The van der Waals surface area contributed by atoms with Crippen molar-refractivity contribution in [3.8, 4) is 5.75 Å². The number of halogens is 2. The van der Waals surface area contributed by atoms with Crippen molar-refractivity contribution in [1.82, 2.24) is 0 Å². The summed E-state index contributed by atoms with van der Waals surface area (Å²) in [6.45, 7) is 0. The fraction of sp³-hybridized carbons (Fsp3) is 0.417. The summed E-state index contributed by atoms with van der Waals surface area (Å²) in [7, 11) is 0. The first-order valence-corrected chi connectivity index (χ1v) is 6.07. The molecule has 98 valence electrons. The zero-order valence-corrected chi connectivity index (χ0v) is 10.4. The molecule has 1 aliphatic carbocycles. The van der Waals surface area contributed by atoms with E-state index in [9.17, 15) is 9.18 Å². The van der Waals surface area contributed by atoms with Crippen molar-refractivity contribution in [2.75, 3.05) is 5.73 Å². The van der Waals surface area contributed by atoms with Gasteiger partial charge >= 0.3 is 6.16 Å². The molecule has 1 aromatic carbocycles. The number of benzene rings is 1. The lowest BCUT2D eigenvalue weighted by Crippen LogP contribution is -2.18. The van der Waals surface area contributed by atoms with E-state index in [1.54, 1.807) is 0 Å². The maximum absolute atomic E-state index is 13.0. The lowest BCUT2D eigenvalue weighted by molar-refractivity contribution is 0.0613. The van der Waals surface area contributed by atoms with Gasteiger partial charge in [-0.1, -0.05) is 11.6 Å². The van der Waals surface area contributed by atoms with E-state index in [2.05, 4.69) is 0 Å². The van der Waals surface area contributed by atoms with E-state index in [4.69, 9.17) is 26.8 Å². The van der Waals surface area contributed by atoms with E-state index in [0.717, 1.165) is 37.8 Å². The van der Waals surface area contributed by atoms with Crippen LogP contribution in [0.4, 0.5) is 14.9 Å². The largest absolute Gasteiger partial charge is 0.514 e. The Bertz CT molecular complexity index is 461. The molecular formula is C12H13ClFNO3. The fourth-order valence-corrected chi connectivity index (χ4v) is 2.07. The number of rotatable bonds is 2. The summed E-state index contributed by atoms with van der Waals surface area (Å²) in [5.41, 5.74) is 5.23. The van der Waals surface area contributed by atoms with Gasteiger partial charge in [0.2, 0.25) is 0 Å². The van der Waals surface area contributed by atoms with Crippen LogP contribution in [0.3, 0.4) is 0 Å². The van der Waals surface area contributed by atoms with E-state index >= 15 is 0 Å². The van der Waals surface area contributed by atoms with E-state index in [-0.39, 0.29) is 22.6 Å². The Morgan fingerprint density at radius 2 is 2.06 bits per heavy atom. The summed E-state index contributed by atoms with van der Waals surface area (Å²) in [4.78, 5) is 11.5. The van der Waals surface area contributed by atoms with E-state index in [0.29, 0.717) is 0 Å². The van der Waals surface area contributed by atoms with Gasteiger partial charge in [0.25, 0.3) is 0 Å². The Kier molecular flexibility index (Phi) is 3.91. The molecule has 1 fully saturated rings. The number of ether oxygens (including phenoxy) is 2. The highest BCUT2D eigenvalue weighted by molar-refractivity contribution is 6.32. The molecule has 1 aromatic rings. The molecule has 0 bridgehead atoms. The van der Waals surface area contributed by atoms with Crippen LogP contribution >= 0.6 is 11.6 Å².